The molecule has 0 saturated carbocycles. The summed E-state index contributed by atoms with van der Waals surface area (Å²) in [6.45, 7) is 2.41. The highest BCUT2D eigenvalue weighted by Gasteiger charge is 2.14. The maximum absolute atomic E-state index is 11.2. The SMILES string of the molecule is CC(N)COc1ccc2c(c1)CCC(=O)N2. The Labute approximate surface area is 94.8 Å². The van der Waals surface area contributed by atoms with Crippen molar-refractivity contribution in [3.8, 4) is 5.75 Å². The van der Waals surface area contributed by atoms with Gasteiger partial charge in [-0.05, 0) is 37.1 Å². The molecule has 0 fully saturated rings. The molecule has 1 heterocycles. The van der Waals surface area contributed by atoms with Crippen molar-refractivity contribution in [3.63, 3.8) is 0 Å². The number of anilines is 1. The number of ether oxygens (including phenoxy) is 1. The van der Waals surface area contributed by atoms with Crippen LogP contribution < -0.4 is 15.8 Å². The van der Waals surface area contributed by atoms with Crippen LogP contribution in [-0.4, -0.2) is 18.6 Å². The van der Waals surface area contributed by atoms with Gasteiger partial charge in [-0.2, -0.15) is 0 Å². The normalized spacial score (nSPS) is 16.2. The van der Waals surface area contributed by atoms with Crippen molar-refractivity contribution in [1.29, 1.82) is 0 Å². The minimum absolute atomic E-state index is 0.0238. The van der Waals surface area contributed by atoms with Crippen LogP contribution in [0.25, 0.3) is 0 Å². The minimum atomic E-state index is 0.0238. The third-order valence-electron chi connectivity index (χ3n) is 2.49. The van der Waals surface area contributed by atoms with Crippen LogP contribution in [0, 0.1) is 0 Å². The Morgan fingerprint density at radius 1 is 1.50 bits per heavy atom. The van der Waals surface area contributed by atoms with E-state index in [0.29, 0.717) is 13.0 Å². The van der Waals surface area contributed by atoms with E-state index in [1.807, 2.05) is 25.1 Å². The lowest BCUT2D eigenvalue weighted by Crippen LogP contribution is -2.24. The molecule has 1 unspecified atom stereocenters. The van der Waals surface area contributed by atoms with Gasteiger partial charge in [-0.1, -0.05) is 0 Å². The summed E-state index contributed by atoms with van der Waals surface area (Å²) < 4.78 is 5.52. The Morgan fingerprint density at radius 3 is 3.06 bits per heavy atom. The Hall–Kier alpha value is -1.55. The van der Waals surface area contributed by atoms with Gasteiger partial charge in [-0.15, -0.1) is 0 Å². The fourth-order valence-electron chi connectivity index (χ4n) is 1.68. The van der Waals surface area contributed by atoms with E-state index >= 15 is 0 Å². The van der Waals surface area contributed by atoms with Gasteiger partial charge in [0, 0.05) is 18.2 Å². The molecule has 86 valence electrons. The lowest BCUT2D eigenvalue weighted by molar-refractivity contribution is -0.116. The molecule has 1 atom stereocenters. The third-order valence-corrected chi connectivity index (χ3v) is 2.49. The molecule has 0 saturated heterocycles. The Kier molecular flexibility index (Phi) is 3.10. The van der Waals surface area contributed by atoms with E-state index in [1.165, 1.54) is 0 Å². The van der Waals surface area contributed by atoms with Gasteiger partial charge in [0.1, 0.15) is 12.4 Å². The van der Waals surface area contributed by atoms with Gasteiger partial charge in [0.15, 0.2) is 0 Å². The van der Waals surface area contributed by atoms with Crippen LogP contribution in [-0.2, 0) is 11.2 Å². The average molecular weight is 220 g/mol. The first-order chi connectivity index (χ1) is 7.65. The molecule has 2 rings (SSSR count). The maximum Gasteiger partial charge on any atom is 0.224 e. The second kappa shape index (κ2) is 4.53. The van der Waals surface area contributed by atoms with Crippen molar-refractivity contribution < 1.29 is 9.53 Å². The molecule has 0 bridgehead atoms. The number of nitrogens with two attached hydrogens (primary N) is 1. The second-order valence-corrected chi connectivity index (χ2v) is 4.16. The fourth-order valence-corrected chi connectivity index (χ4v) is 1.68. The number of benzene rings is 1. The molecule has 0 radical (unpaired) electrons. The Bertz CT molecular complexity index is 402. The van der Waals surface area contributed by atoms with E-state index in [1.54, 1.807) is 0 Å². The summed E-state index contributed by atoms with van der Waals surface area (Å²) >= 11 is 0. The zero-order chi connectivity index (χ0) is 11.5. The second-order valence-electron chi connectivity index (χ2n) is 4.16. The molecule has 0 spiro atoms. The number of carbonyl (C=O) groups is 1. The third kappa shape index (κ3) is 2.52. The Morgan fingerprint density at radius 2 is 2.31 bits per heavy atom. The fraction of sp³-hybridized carbons (Fsp3) is 0.417. The van der Waals surface area contributed by atoms with Crippen LogP contribution in [0.3, 0.4) is 0 Å². The molecule has 1 aromatic rings. The van der Waals surface area contributed by atoms with Crippen molar-refractivity contribution in [2.75, 3.05) is 11.9 Å². The number of fused-ring (bicyclic) bond motifs is 1. The summed E-state index contributed by atoms with van der Waals surface area (Å²) in [5, 5.41) is 2.83. The highest BCUT2D eigenvalue weighted by molar-refractivity contribution is 5.93. The minimum Gasteiger partial charge on any atom is -0.492 e. The highest BCUT2D eigenvalue weighted by Crippen LogP contribution is 2.26. The molecule has 0 aromatic heterocycles. The summed E-state index contributed by atoms with van der Waals surface area (Å²) in [6.07, 6.45) is 1.32. The average Bonchev–Trinajstić information content (AvgIpc) is 2.26. The van der Waals surface area contributed by atoms with Crippen LogP contribution in [0.15, 0.2) is 18.2 Å². The van der Waals surface area contributed by atoms with Crippen molar-refractivity contribution in [2.24, 2.45) is 5.73 Å². The van der Waals surface area contributed by atoms with Crippen LogP contribution in [0.1, 0.15) is 18.9 Å². The van der Waals surface area contributed by atoms with E-state index in [-0.39, 0.29) is 11.9 Å². The summed E-state index contributed by atoms with van der Waals surface area (Å²) in [7, 11) is 0. The van der Waals surface area contributed by atoms with E-state index in [0.717, 1.165) is 23.4 Å². The van der Waals surface area contributed by atoms with E-state index in [4.69, 9.17) is 10.5 Å². The largest absolute Gasteiger partial charge is 0.492 e. The zero-order valence-electron chi connectivity index (χ0n) is 9.32. The monoisotopic (exact) mass is 220 g/mol. The first-order valence-corrected chi connectivity index (χ1v) is 5.46. The molecule has 1 aliphatic rings. The number of rotatable bonds is 3. The smallest absolute Gasteiger partial charge is 0.224 e. The molecule has 0 aliphatic carbocycles. The Balaban J connectivity index is 2.10. The predicted octanol–water partition coefficient (Wildman–Crippen LogP) is 1.30. The number of amides is 1. The van der Waals surface area contributed by atoms with E-state index in [9.17, 15) is 4.79 Å². The molecule has 1 amide bonds. The molecule has 3 N–H and O–H groups in total. The number of hydrogen-bond acceptors (Lipinski definition) is 3. The van der Waals surface area contributed by atoms with E-state index < -0.39 is 0 Å². The topological polar surface area (TPSA) is 64.3 Å². The summed E-state index contributed by atoms with van der Waals surface area (Å²) in [6, 6.07) is 5.73. The summed E-state index contributed by atoms with van der Waals surface area (Å²) in [5.41, 5.74) is 7.63. The van der Waals surface area contributed by atoms with Crippen molar-refractivity contribution in [2.45, 2.75) is 25.8 Å². The van der Waals surface area contributed by atoms with Crippen LogP contribution in [0.4, 0.5) is 5.69 Å². The lowest BCUT2D eigenvalue weighted by Gasteiger charge is -2.18. The first-order valence-electron chi connectivity index (χ1n) is 5.46. The maximum atomic E-state index is 11.2. The summed E-state index contributed by atoms with van der Waals surface area (Å²) in [4.78, 5) is 11.2. The van der Waals surface area contributed by atoms with Gasteiger partial charge in [-0.3, -0.25) is 4.79 Å². The first kappa shape index (κ1) is 11.0. The number of nitrogens with one attached hydrogen (secondary N) is 1. The quantitative estimate of drug-likeness (QED) is 0.807. The van der Waals surface area contributed by atoms with Gasteiger partial charge in [-0.25, -0.2) is 0 Å². The van der Waals surface area contributed by atoms with Crippen molar-refractivity contribution in [1.82, 2.24) is 0 Å². The molecule has 1 aliphatic heterocycles. The van der Waals surface area contributed by atoms with Crippen molar-refractivity contribution >= 4 is 11.6 Å². The predicted molar refractivity (Wildman–Crippen MR) is 62.5 cm³/mol. The number of hydrogen-bond donors (Lipinski definition) is 2. The number of carbonyl (C=O) groups excluding carboxylic acids is 1. The molecular weight excluding hydrogens is 204 g/mol. The number of aryl methyl sites for hydroxylation is 1. The van der Waals surface area contributed by atoms with Gasteiger partial charge in [0.2, 0.25) is 5.91 Å². The van der Waals surface area contributed by atoms with Crippen LogP contribution >= 0.6 is 0 Å². The van der Waals surface area contributed by atoms with Gasteiger partial charge in [0.05, 0.1) is 0 Å². The molecule has 4 nitrogen and oxygen atoms in total. The molecule has 1 aromatic carbocycles. The molecule has 16 heavy (non-hydrogen) atoms. The van der Waals surface area contributed by atoms with Crippen LogP contribution in [0.2, 0.25) is 0 Å². The lowest BCUT2D eigenvalue weighted by atomic mass is 10.0. The summed E-state index contributed by atoms with van der Waals surface area (Å²) in [5.74, 6) is 0.893. The van der Waals surface area contributed by atoms with E-state index in [2.05, 4.69) is 5.32 Å². The van der Waals surface area contributed by atoms with Gasteiger partial charge in [0.25, 0.3) is 0 Å². The standard InChI is InChI=1S/C12H16N2O2/c1-8(13)7-16-10-3-4-11-9(6-10)2-5-12(15)14-11/h3-4,6,8H,2,5,7,13H2,1H3,(H,14,15). The molecular formula is C12H16N2O2. The van der Waals surface area contributed by atoms with Gasteiger partial charge >= 0.3 is 0 Å². The highest BCUT2D eigenvalue weighted by atomic mass is 16.5. The van der Waals surface area contributed by atoms with Gasteiger partial charge < -0.3 is 15.8 Å². The van der Waals surface area contributed by atoms with Crippen LogP contribution in [0.5, 0.6) is 5.75 Å². The molecule has 4 heteroatoms. The zero-order valence-corrected chi connectivity index (χ0v) is 9.32. The van der Waals surface area contributed by atoms with Crippen molar-refractivity contribution in [3.05, 3.63) is 23.8 Å².